The van der Waals surface area contributed by atoms with E-state index in [4.69, 9.17) is 4.74 Å². The summed E-state index contributed by atoms with van der Waals surface area (Å²) in [6.45, 7) is 7.68. The molecule has 2 atom stereocenters. The number of rotatable bonds is 4. The highest BCUT2D eigenvalue weighted by molar-refractivity contribution is 7.12. The lowest BCUT2D eigenvalue weighted by molar-refractivity contribution is 0.0837. The van der Waals surface area contributed by atoms with Gasteiger partial charge in [0.05, 0.1) is 30.2 Å². The van der Waals surface area contributed by atoms with E-state index in [0.29, 0.717) is 13.2 Å². The van der Waals surface area contributed by atoms with E-state index < -0.39 is 0 Å². The molecular formula is C16H24N2O3S. The molecule has 3 rings (SSSR count). The van der Waals surface area contributed by atoms with Gasteiger partial charge in [-0.25, -0.2) is 0 Å². The Balaban J connectivity index is 1.54. The lowest BCUT2D eigenvalue weighted by Crippen LogP contribution is -2.44. The number of thiophene rings is 1. The Morgan fingerprint density at radius 1 is 1.36 bits per heavy atom. The second kappa shape index (κ2) is 7.19. The Kier molecular flexibility index (Phi) is 5.25. The van der Waals surface area contributed by atoms with Crippen LogP contribution in [0.5, 0.6) is 0 Å². The van der Waals surface area contributed by atoms with Crippen molar-refractivity contribution in [2.75, 3.05) is 39.4 Å². The SMILES string of the molecule is CC(=O)c1cc(CN2CCCN([C@H]3COC[C@@H]3O)CC2)cs1. The second-order valence-corrected chi connectivity index (χ2v) is 7.12. The standard InChI is InChI=1S/C16H24N2O3S/c1-12(19)16-7-13(11-22-16)8-17-3-2-4-18(6-5-17)14-9-21-10-15(14)20/h7,11,14-15,20H,2-6,8-10H2,1H3/t14-,15-/m0/s1. The average molecular weight is 324 g/mol. The van der Waals surface area contributed by atoms with Crippen molar-refractivity contribution in [1.29, 1.82) is 0 Å². The van der Waals surface area contributed by atoms with Gasteiger partial charge in [0.1, 0.15) is 0 Å². The zero-order valence-electron chi connectivity index (χ0n) is 13.0. The van der Waals surface area contributed by atoms with E-state index >= 15 is 0 Å². The van der Waals surface area contributed by atoms with Gasteiger partial charge < -0.3 is 9.84 Å². The van der Waals surface area contributed by atoms with Gasteiger partial charge in [-0.3, -0.25) is 14.6 Å². The molecule has 1 aromatic heterocycles. The molecule has 5 nitrogen and oxygen atoms in total. The molecule has 2 aliphatic heterocycles. The van der Waals surface area contributed by atoms with Crippen molar-refractivity contribution >= 4 is 17.1 Å². The molecule has 2 fully saturated rings. The van der Waals surface area contributed by atoms with Crippen molar-refractivity contribution in [3.63, 3.8) is 0 Å². The number of aliphatic hydroxyl groups is 1. The summed E-state index contributed by atoms with van der Waals surface area (Å²) >= 11 is 1.54. The van der Waals surface area contributed by atoms with Crippen LogP contribution < -0.4 is 0 Å². The summed E-state index contributed by atoms with van der Waals surface area (Å²) in [6.07, 6.45) is 0.758. The van der Waals surface area contributed by atoms with Gasteiger partial charge in [0.25, 0.3) is 0 Å². The van der Waals surface area contributed by atoms with Crippen LogP contribution in [-0.2, 0) is 11.3 Å². The Hall–Kier alpha value is -0.790. The minimum absolute atomic E-state index is 0.147. The third kappa shape index (κ3) is 3.75. The monoisotopic (exact) mass is 324 g/mol. The topological polar surface area (TPSA) is 53.0 Å². The van der Waals surface area contributed by atoms with E-state index in [1.807, 2.05) is 6.07 Å². The van der Waals surface area contributed by atoms with E-state index in [0.717, 1.165) is 44.0 Å². The zero-order valence-corrected chi connectivity index (χ0v) is 13.8. The van der Waals surface area contributed by atoms with Crippen molar-refractivity contribution in [3.8, 4) is 0 Å². The Morgan fingerprint density at radius 3 is 2.91 bits per heavy atom. The second-order valence-electron chi connectivity index (χ2n) is 6.21. The predicted octanol–water partition coefficient (Wildman–Crippen LogP) is 1.22. The van der Waals surface area contributed by atoms with Gasteiger partial charge in [-0.05, 0) is 43.4 Å². The van der Waals surface area contributed by atoms with Gasteiger partial charge in [-0.2, -0.15) is 0 Å². The number of ketones is 1. The molecule has 2 saturated heterocycles. The van der Waals surface area contributed by atoms with Crippen molar-refractivity contribution in [2.24, 2.45) is 0 Å². The van der Waals surface area contributed by atoms with Crippen molar-refractivity contribution < 1.29 is 14.6 Å². The maximum atomic E-state index is 11.4. The summed E-state index contributed by atoms with van der Waals surface area (Å²) in [4.78, 5) is 17.0. The molecule has 0 spiro atoms. The summed E-state index contributed by atoms with van der Waals surface area (Å²) in [5, 5.41) is 12.1. The highest BCUT2D eigenvalue weighted by atomic mass is 32.1. The maximum Gasteiger partial charge on any atom is 0.169 e. The maximum absolute atomic E-state index is 11.4. The smallest absolute Gasteiger partial charge is 0.169 e. The van der Waals surface area contributed by atoms with Crippen LogP contribution in [0.1, 0.15) is 28.6 Å². The van der Waals surface area contributed by atoms with Crippen LogP contribution in [0.4, 0.5) is 0 Å². The lowest BCUT2D eigenvalue weighted by atomic mass is 10.2. The minimum atomic E-state index is -0.346. The molecule has 0 aliphatic carbocycles. The molecule has 6 heteroatoms. The van der Waals surface area contributed by atoms with E-state index in [-0.39, 0.29) is 17.9 Å². The first-order chi connectivity index (χ1) is 10.6. The minimum Gasteiger partial charge on any atom is -0.389 e. The van der Waals surface area contributed by atoms with Crippen LogP contribution in [0.25, 0.3) is 0 Å². The molecule has 122 valence electrons. The van der Waals surface area contributed by atoms with Crippen LogP contribution in [0, 0.1) is 0 Å². The Bertz CT molecular complexity index is 519. The van der Waals surface area contributed by atoms with Gasteiger partial charge in [-0.1, -0.05) is 0 Å². The first-order valence-electron chi connectivity index (χ1n) is 7.94. The van der Waals surface area contributed by atoms with Crippen LogP contribution in [0.3, 0.4) is 0 Å². The first kappa shape index (κ1) is 16.1. The summed E-state index contributed by atoms with van der Waals surface area (Å²) in [7, 11) is 0. The molecule has 2 aliphatic rings. The fraction of sp³-hybridized carbons (Fsp3) is 0.688. The summed E-state index contributed by atoms with van der Waals surface area (Å²) in [5.74, 6) is 0.147. The average Bonchev–Trinajstić information content (AvgIpc) is 3.05. The number of ether oxygens (including phenoxy) is 1. The summed E-state index contributed by atoms with van der Waals surface area (Å²) in [5.41, 5.74) is 1.23. The molecule has 0 radical (unpaired) electrons. The predicted molar refractivity (Wildman–Crippen MR) is 86.4 cm³/mol. The Morgan fingerprint density at radius 2 is 2.23 bits per heavy atom. The molecule has 1 N–H and O–H groups in total. The highest BCUT2D eigenvalue weighted by Crippen LogP contribution is 2.19. The number of carbonyl (C=O) groups is 1. The normalized spacial score (nSPS) is 27.9. The van der Waals surface area contributed by atoms with E-state index in [1.54, 1.807) is 6.92 Å². The lowest BCUT2D eigenvalue weighted by Gasteiger charge is -2.28. The van der Waals surface area contributed by atoms with Crippen LogP contribution in [0.15, 0.2) is 11.4 Å². The number of nitrogens with zero attached hydrogens (tertiary/aromatic N) is 2. The Labute approximate surface area is 135 Å². The number of hydrogen-bond acceptors (Lipinski definition) is 6. The fourth-order valence-corrected chi connectivity index (χ4v) is 4.07. The van der Waals surface area contributed by atoms with Gasteiger partial charge in [-0.15, -0.1) is 11.3 Å². The fourth-order valence-electron chi connectivity index (χ4n) is 3.26. The van der Waals surface area contributed by atoms with Gasteiger partial charge >= 0.3 is 0 Å². The highest BCUT2D eigenvalue weighted by Gasteiger charge is 2.32. The molecule has 3 heterocycles. The van der Waals surface area contributed by atoms with Gasteiger partial charge in [0.15, 0.2) is 5.78 Å². The molecular weight excluding hydrogens is 300 g/mol. The molecule has 0 amide bonds. The van der Waals surface area contributed by atoms with Crippen molar-refractivity contribution in [3.05, 3.63) is 21.9 Å². The van der Waals surface area contributed by atoms with Gasteiger partial charge in [0.2, 0.25) is 0 Å². The molecule has 0 aromatic carbocycles. The number of hydrogen-bond donors (Lipinski definition) is 1. The van der Waals surface area contributed by atoms with E-state index in [2.05, 4.69) is 15.2 Å². The van der Waals surface area contributed by atoms with Crippen LogP contribution >= 0.6 is 11.3 Å². The zero-order chi connectivity index (χ0) is 15.5. The largest absolute Gasteiger partial charge is 0.389 e. The quantitative estimate of drug-likeness (QED) is 0.844. The van der Waals surface area contributed by atoms with Crippen LogP contribution in [0.2, 0.25) is 0 Å². The molecule has 22 heavy (non-hydrogen) atoms. The number of carbonyl (C=O) groups excluding carboxylic acids is 1. The molecule has 1 aromatic rings. The molecule has 0 saturated carbocycles. The molecule has 0 bridgehead atoms. The van der Waals surface area contributed by atoms with Gasteiger partial charge in [0, 0.05) is 19.6 Å². The van der Waals surface area contributed by atoms with Crippen LogP contribution in [-0.4, -0.2) is 72.2 Å². The van der Waals surface area contributed by atoms with Crippen molar-refractivity contribution in [2.45, 2.75) is 32.0 Å². The molecule has 0 unspecified atom stereocenters. The number of aliphatic hydroxyl groups excluding tert-OH is 1. The summed E-state index contributed by atoms with van der Waals surface area (Å²) < 4.78 is 5.38. The third-order valence-electron chi connectivity index (χ3n) is 4.52. The summed E-state index contributed by atoms with van der Waals surface area (Å²) in [6, 6.07) is 2.18. The number of Topliss-reactive ketones (excluding diaryl/α,β-unsaturated/α-hetero) is 1. The van der Waals surface area contributed by atoms with Crippen molar-refractivity contribution in [1.82, 2.24) is 9.80 Å². The third-order valence-corrected chi connectivity index (χ3v) is 5.60. The van der Waals surface area contributed by atoms with E-state index in [9.17, 15) is 9.90 Å². The van der Waals surface area contributed by atoms with E-state index in [1.165, 1.54) is 16.9 Å². The first-order valence-corrected chi connectivity index (χ1v) is 8.82.